The molecule has 0 atom stereocenters. The zero-order valence-corrected chi connectivity index (χ0v) is 19.7. The minimum Gasteiger partial charge on any atom is -0.493 e. The number of ether oxygens (including phenoxy) is 2. The third-order valence-corrected chi connectivity index (χ3v) is 5.50. The van der Waals surface area contributed by atoms with Gasteiger partial charge in [0.1, 0.15) is 18.2 Å². The van der Waals surface area contributed by atoms with Gasteiger partial charge in [-0.2, -0.15) is 9.78 Å². The van der Waals surface area contributed by atoms with Gasteiger partial charge in [-0.15, -0.1) is 0 Å². The molecule has 6 nitrogen and oxygen atoms in total. The second-order valence-corrected chi connectivity index (χ2v) is 8.15. The van der Waals surface area contributed by atoms with Crippen LogP contribution in [0.5, 0.6) is 11.5 Å². The van der Waals surface area contributed by atoms with Crippen molar-refractivity contribution in [1.29, 1.82) is 0 Å². The van der Waals surface area contributed by atoms with Crippen molar-refractivity contribution in [2.45, 2.75) is 20.0 Å². The van der Waals surface area contributed by atoms with Crippen molar-refractivity contribution in [3.8, 4) is 11.5 Å². The number of aromatic nitrogens is 2. The second kappa shape index (κ2) is 9.95. The average molecular weight is 510 g/mol. The van der Waals surface area contributed by atoms with Crippen LogP contribution in [-0.2, 0) is 13.0 Å². The molecule has 0 aliphatic carbocycles. The van der Waals surface area contributed by atoms with E-state index >= 15 is 0 Å². The Kier molecular flexibility index (Phi) is 6.84. The highest BCUT2D eigenvalue weighted by molar-refractivity contribution is 9.10. The van der Waals surface area contributed by atoms with E-state index < -0.39 is 0 Å². The first-order valence-corrected chi connectivity index (χ1v) is 11.1. The maximum Gasteiger partial charge on any atom is 0.282 e. The topological polar surface area (TPSA) is 65.7 Å². The Bertz CT molecular complexity index is 1380. The molecule has 33 heavy (non-hydrogen) atoms. The van der Waals surface area contributed by atoms with Gasteiger partial charge in [0.2, 0.25) is 0 Å². The van der Waals surface area contributed by atoms with Gasteiger partial charge in [0, 0.05) is 10.9 Å². The number of hydrogen-bond acceptors (Lipinski definition) is 5. The molecule has 4 aromatic rings. The number of halogens is 2. The van der Waals surface area contributed by atoms with E-state index in [1.54, 1.807) is 43.7 Å². The standard InChI is InChI=1S/C25H21BrFN3O3/c1-3-24-29-21-10-7-18(26)13-20(21)25(31)30(24)28-14-17-6-11-22(23(12-17)32-2)33-15-16-4-8-19(27)9-5-16/h4-14H,3,15H2,1-2H3. The summed E-state index contributed by atoms with van der Waals surface area (Å²) < 4.78 is 26.5. The van der Waals surface area contributed by atoms with Crippen LogP contribution in [-0.4, -0.2) is 23.0 Å². The number of methoxy groups -OCH3 is 1. The molecule has 0 saturated heterocycles. The lowest BCUT2D eigenvalue weighted by molar-refractivity contribution is 0.284. The molecule has 3 aromatic carbocycles. The summed E-state index contributed by atoms with van der Waals surface area (Å²) in [6.07, 6.45) is 2.14. The second-order valence-electron chi connectivity index (χ2n) is 7.23. The SMILES string of the molecule is CCc1nc2ccc(Br)cc2c(=O)n1N=Cc1ccc(OCc2ccc(F)cc2)c(OC)c1. The maximum atomic E-state index is 13.1. The molecule has 0 fully saturated rings. The molecule has 8 heteroatoms. The van der Waals surface area contributed by atoms with Crippen molar-refractivity contribution in [2.24, 2.45) is 5.10 Å². The van der Waals surface area contributed by atoms with Gasteiger partial charge in [0.25, 0.3) is 5.56 Å². The van der Waals surface area contributed by atoms with Crippen LogP contribution in [0, 0.1) is 5.82 Å². The van der Waals surface area contributed by atoms with Crippen molar-refractivity contribution < 1.29 is 13.9 Å². The lowest BCUT2D eigenvalue weighted by Crippen LogP contribution is -2.22. The highest BCUT2D eigenvalue weighted by Gasteiger charge is 2.10. The Hall–Kier alpha value is -3.52. The quantitative estimate of drug-likeness (QED) is 0.316. The van der Waals surface area contributed by atoms with E-state index in [1.165, 1.54) is 16.8 Å². The fraction of sp³-hybridized carbons (Fsp3) is 0.160. The number of nitrogens with zero attached hydrogens (tertiary/aromatic N) is 3. The monoisotopic (exact) mass is 509 g/mol. The van der Waals surface area contributed by atoms with Crippen molar-refractivity contribution in [3.63, 3.8) is 0 Å². The van der Waals surface area contributed by atoms with Crippen LogP contribution in [0.2, 0.25) is 0 Å². The molecule has 0 N–H and O–H groups in total. The van der Waals surface area contributed by atoms with Crippen LogP contribution >= 0.6 is 15.9 Å². The average Bonchev–Trinajstić information content (AvgIpc) is 2.83. The number of benzene rings is 3. The number of aryl methyl sites for hydroxylation is 1. The van der Waals surface area contributed by atoms with Crippen LogP contribution in [0.4, 0.5) is 4.39 Å². The Balaban J connectivity index is 1.60. The fourth-order valence-electron chi connectivity index (χ4n) is 3.29. The summed E-state index contributed by atoms with van der Waals surface area (Å²) in [5.74, 6) is 1.34. The molecule has 1 aromatic heterocycles. The fourth-order valence-corrected chi connectivity index (χ4v) is 3.65. The first kappa shape index (κ1) is 22.7. The van der Waals surface area contributed by atoms with Crippen LogP contribution in [0.25, 0.3) is 10.9 Å². The summed E-state index contributed by atoms with van der Waals surface area (Å²) in [6.45, 7) is 2.20. The minimum atomic E-state index is -0.292. The van der Waals surface area contributed by atoms with Gasteiger partial charge in [-0.1, -0.05) is 35.0 Å². The summed E-state index contributed by atoms with van der Waals surface area (Å²) in [7, 11) is 1.55. The van der Waals surface area contributed by atoms with E-state index in [2.05, 4.69) is 26.0 Å². The van der Waals surface area contributed by atoms with Crippen LogP contribution in [0.3, 0.4) is 0 Å². The molecule has 4 rings (SSSR count). The molecule has 0 radical (unpaired) electrons. The largest absolute Gasteiger partial charge is 0.493 e. The summed E-state index contributed by atoms with van der Waals surface area (Å²) >= 11 is 3.40. The van der Waals surface area contributed by atoms with E-state index in [-0.39, 0.29) is 18.0 Å². The molecule has 0 spiro atoms. The highest BCUT2D eigenvalue weighted by Crippen LogP contribution is 2.28. The van der Waals surface area contributed by atoms with Crippen LogP contribution < -0.4 is 15.0 Å². The van der Waals surface area contributed by atoms with E-state index in [9.17, 15) is 9.18 Å². The normalized spacial score (nSPS) is 11.3. The van der Waals surface area contributed by atoms with Gasteiger partial charge in [0.05, 0.1) is 24.2 Å². The zero-order valence-electron chi connectivity index (χ0n) is 18.1. The first-order chi connectivity index (χ1) is 16.0. The number of fused-ring (bicyclic) bond motifs is 1. The molecule has 0 saturated carbocycles. The van der Waals surface area contributed by atoms with Gasteiger partial charge < -0.3 is 9.47 Å². The van der Waals surface area contributed by atoms with E-state index in [0.717, 1.165) is 15.6 Å². The smallest absolute Gasteiger partial charge is 0.282 e. The van der Waals surface area contributed by atoms with Gasteiger partial charge in [-0.05, 0) is 59.7 Å². The summed E-state index contributed by atoms with van der Waals surface area (Å²) in [5, 5.41) is 4.89. The first-order valence-electron chi connectivity index (χ1n) is 10.3. The maximum absolute atomic E-state index is 13.1. The van der Waals surface area contributed by atoms with Gasteiger partial charge in [0.15, 0.2) is 11.5 Å². The molecule has 168 valence electrons. The summed E-state index contributed by atoms with van der Waals surface area (Å²) in [4.78, 5) is 17.6. The lowest BCUT2D eigenvalue weighted by atomic mass is 10.2. The Labute approximate surface area is 198 Å². The zero-order chi connectivity index (χ0) is 23.4. The molecule has 0 aliphatic heterocycles. The third kappa shape index (κ3) is 5.12. The summed E-state index contributed by atoms with van der Waals surface area (Å²) in [5.41, 5.74) is 1.96. The predicted molar refractivity (Wildman–Crippen MR) is 130 cm³/mol. The number of rotatable bonds is 7. The van der Waals surface area contributed by atoms with Gasteiger partial charge in [-0.25, -0.2) is 9.37 Å². The van der Waals surface area contributed by atoms with Gasteiger partial charge >= 0.3 is 0 Å². The predicted octanol–water partition coefficient (Wildman–Crippen LogP) is 5.33. The van der Waals surface area contributed by atoms with Crippen molar-refractivity contribution in [1.82, 2.24) is 9.66 Å². The van der Waals surface area contributed by atoms with Crippen molar-refractivity contribution >= 4 is 33.0 Å². The molecule has 0 aliphatic rings. The van der Waals surface area contributed by atoms with E-state index in [4.69, 9.17) is 9.47 Å². The van der Waals surface area contributed by atoms with Crippen molar-refractivity contribution in [3.05, 3.63) is 98.3 Å². The molecular weight excluding hydrogens is 489 g/mol. The van der Waals surface area contributed by atoms with E-state index in [1.807, 2.05) is 25.1 Å². The third-order valence-electron chi connectivity index (χ3n) is 5.01. The molecule has 1 heterocycles. The van der Waals surface area contributed by atoms with Crippen molar-refractivity contribution in [2.75, 3.05) is 7.11 Å². The Morgan fingerprint density at radius 3 is 2.61 bits per heavy atom. The molecule has 0 amide bonds. The number of hydrogen-bond donors (Lipinski definition) is 0. The Morgan fingerprint density at radius 1 is 1.09 bits per heavy atom. The minimum absolute atomic E-state index is 0.236. The Morgan fingerprint density at radius 2 is 1.88 bits per heavy atom. The molecular formula is C25H21BrFN3O3. The summed E-state index contributed by atoms with van der Waals surface area (Å²) in [6, 6.07) is 16.9. The van der Waals surface area contributed by atoms with Crippen LogP contribution in [0.15, 0.2) is 75.0 Å². The van der Waals surface area contributed by atoms with Crippen LogP contribution in [0.1, 0.15) is 23.9 Å². The van der Waals surface area contributed by atoms with Gasteiger partial charge in [-0.3, -0.25) is 4.79 Å². The lowest BCUT2D eigenvalue weighted by Gasteiger charge is -2.11. The van der Waals surface area contributed by atoms with E-state index in [0.29, 0.717) is 34.6 Å². The molecule has 0 bridgehead atoms. The highest BCUT2D eigenvalue weighted by atomic mass is 79.9. The molecule has 0 unspecified atom stereocenters.